The zero-order valence-electron chi connectivity index (χ0n) is 14.9. The van der Waals surface area contributed by atoms with Gasteiger partial charge in [0.2, 0.25) is 11.8 Å². The molecule has 0 aliphatic carbocycles. The van der Waals surface area contributed by atoms with Crippen molar-refractivity contribution in [3.8, 4) is 0 Å². The molecule has 1 aromatic heterocycles. The molecule has 7 heteroatoms. The first-order valence-corrected chi connectivity index (χ1v) is 10.0. The Kier molecular flexibility index (Phi) is 6.08. The van der Waals surface area contributed by atoms with Gasteiger partial charge in [-0.25, -0.2) is 0 Å². The third-order valence-electron chi connectivity index (χ3n) is 5.14. The number of thiophene rings is 1. The molecule has 2 aliphatic heterocycles. The minimum absolute atomic E-state index is 0.0318. The van der Waals surface area contributed by atoms with Crippen LogP contribution in [-0.4, -0.2) is 59.7 Å². The Morgan fingerprint density at radius 2 is 1.92 bits per heavy atom. The molecule has 2 saturated heterocycles. The summed E-state index contributed by atoms with van der Waals surface area (Å²) in [5.74, 6) is -0.118. The van der Waals surface area contributed by atoms with Gasteiger partial charge in [-0.2, -0.15) is 0 Å². The maximum Gasteiger partial charge on any atom is 0.261 e. The number of piperidine rings is 2. The number of likely N-dealkylation sites (tertiary alicyclic amines) is 2. The number of carbonyl (C=O) groups excluding carboxylic acids is 3. The molecule has 3 heterocycles. The van der Waals surface area contributed by atoms with E-state index in [0.717, 1.165) is 30.6 Å². The molecule has 3 amide bonds. The lowest BCUT2D eigenvalue weighted by Gasteiger charge is -2.37. The molecule has 2 fully saturated rings. The van der Waals surface area contributed by atoms with E-state index < -0.39 is 0 Å². The van der Waals surface area contributed by atoms with Gasteiger partial charge in [0, 0.05) is 32.2 Å². The summed E-state index contributed by atoms with van der Waals surface area (Å²) in [7, 11) is 0. The van der Waals surface area contributed by atoms with E-state index in [-0.39, 0.29) is 29.7 Å². The van der Waals surface area contributed by atoms with Crippen molar-refractivity contribution in [2.75, 3.05) is 26.2 Å². The van der Waals surface area contributed by atoms with Crippen LogP contribution in [0.5, 0.6) is 0 Å². The first-order chi connectivity index (χ1) is 12.6. The summed E-state index contributed by atoms with van der Waals surface area (Å²) in [6.45, 7) is 6.02. The van der Waals surface area contributed by atoms with Crippen LogP contribution in [0.15, 0.2) is 30.2 Å². The van der Waals surface area contributed by atoms with Gasteiger partial charge >= 0.3 is 0 Å². The lowest BCUT2D eigenvalue weighted by molar-refractivity contribution is -0.140. The summed E-state index contributed by atoms with van der Waals surface area (Å²) in [5, 5.41) is 4.95. The molecule has 26 heavy (non-hydrogen) atoms. The maximum absolute atomic E-state index is 12.8. The van der Waals surface area contributed by atoms with Crippen molar-refractivity contribution < 1.29 is 14.4 Å². The molecule has 1 atom stereocenters. The molecule has 0 radical (unpaired) electrons. The second-order valence-electron chi connectivity index (χ2n) is 6.88. The number of rotatable bonds is 4. The zero-order valence-corrected chi connectivity index (χ0v) is 15.7. The predicted octanol–water partition coefficient (Wildman–Crippen LogP) is 1.89. The average molecular weight is 375 g/mol. The van der Waals surface area contributed by atoms with E-state index in [1.807, 2.05) is 22.4 Å². The van der Waals surface area contributed by atoms with E-state index in [1.54, 1.807) is 4.90 Å². The highest BCUT2D eigenvalue weighted by Crippen LogP contribution is 2.22. The molecule has 1 aromatic rings. The minimum atomic E-state index is -0.120. The molecule has 0 saturated carbocycles. The highest BCUT2D eigenvalue weighted by Gasteiger charge is 2.32. The molecular formula is C19H25N3O3S. The topological polar surface area (TPSA) is 69.7 Å². The van der Waals surface area contributed by atoms with Crippen molar-refractivity contribution in [3.63, 3.8) is 0 Å². The van der Waals surface area contributed by atoms with Crippen LogP contribution in [0.4, 0.5) is 0 Å². The smallest absolute Gasteiger partial charge is 0.261 e. The molecule has 0 spiro atoms. The van der Waals surface area contributed by atoms with E-state index >= 15 is 0 Å². The Morgan fingerprint density at radius 1 is 1.15 bits per heavy atom. The lowest BCUT2D eigenvalue weighted by Crippen LogP contribution is -2.51. The molecule has 6 nitrogen and oxygen atoms in total. The van der Waals surface area contributed by atoms with Gasteiger partial charge in [0.25, 0.3) is 5.91 Å². The van der Waals surface area contributed by atoms with Crippen LogP contribution in [0, 0.1) is 5.92 Å². The first kappa shape index (κ1) is 18.6. The molecule has 3 rings (SSSR count). The molecule has 140 valence electrons. The fourth-order valence-electron chi connectivity index (χ4n) is 3.67. The number of amides is 3. The number of nitrogens with one attached hydrogen (secondary N) is 1. The summed E-state index contributed by atoms with van der Waals surface area (Å²) >= 11 is 1.43. The van der Waals surface area contributed by atoms with Gasteiger partial charge in [-0.15, -0.1) is 11.3 Å². The van der Waals surface area contributed by atoms with Crippen LogP contribution in [-0.2, 0) is 9.59 Å². The van der Waals surface area contributed by atoms with Gasteiger partial charge in [0.1, 0.15) is 0 Å². The SMILES string of the molecule is C=CC(=O)N1CCCC(C(=O)N2CCC(NC(=O)c3cccs3)CC2)C1. The van der Waals surface area contributed by atoms with E-state index in [2.05, 4.69) is 11.9 Å². The fraction of sp³-hybridized carbons (Fsp3) is 0.526. The largest absolute Gasteiger partial charge is 0.348 e. The van der Waals surface area contributed by atoms with Crippen molar-refractivity contribution in [1.29, 1.82) is 0 Å². The van der Waals surface area contributed by atoms with Crippen molar-refractivity contribution in [3.05, 3.63) is 35.0 Å². The molecule has 2 aliphatic rings. The third kappa shape index (κ3) is 4.33. The first-order valence-electron chi connectivity index (χ1n) is 9.13. The molecule has 0 bridgehead atoms. The van der Waals surface area contributed by atoms with E-state index in [1.165, 1.54) is 17.4 Å². The Hall–Kier alpha value is -2.15. The fourth-order valence-corrected chi connectivity index (χ4v) is 4.30. The number of nitrogens with zero attached hydrogens (tertiary/aromatic N) is 2. The van der Waals surface area contributed by atoms with Gasteiger partial charge in [-0.05, 0) is 43.2 Å². The number of hydrogen-bond donors (Lipinski definition) is 1. The van der Waals surface area contributed by atoms with Crippen LogP contribution in [0.2, 0.25) is 0 Å². The second-order valence-corrected chi connectivity index (χ2v) is 7.83. The Labute approximate surface area is 157 Å². The zero-order chi connectivity index (χ0) is 18.5. The average Bonchev–Trinajstić information content (AvgIpc) is 3.22. The van der Waals surface area contributed by atoms with Crippen LogP contribution >= 0.6 is 11.3 Å². The lowest BCUT2D eigenvalue weighted by atomic mass is 9.94. The summed E-state index contributed by atoms with van der Waals surface area (Å²) in [6.07, 6.45) is 4.53. The highest BCUT2D eigenvalue weighted by molar-refractivity contribution is 7.12. The Balaban J connectivity index is 1.48. The molecule has 1 N–H and O–H groups in total. The van der Waals surface area contributed by atoms with E-state index in [0.29, 0.717) is 26.2 Å². The second kappa shape index (κ2) is 8.49. The van der Waals surface area contributed by atoms with Crippen LogP contribution in [0.3, 0.4) is 0 Å². The summed E-state index contributed by atoms with van der Waals surface area (Å²) in [5.41, 5.74) is 0. The van der Waals surface area contributed by atoms with Gasteiger partial charge < -0.3 is 15.1 Å². The molecule has 1 unspecified atom stereocenters. The standard InChI is InChI=1S/C19H25N3O3S/c1-2-17(23)22-9-3-5-14(13-22)19(25)21-10-7-15(8-11-21)20-18(24)16-6-4-12-26-16/h2,4,6,12,14-15H,1,3,5,7-11,13H2,(H,20,24). The van der Waals surface area contributed by atoms with Gasteiger partial charge in [-0.1, -0.05) is 12.6 Å². The van der Waals surface area contributed by atoms with Crippen LogP contribution in [0.1, 0.15) is 35.4 Å². The number of carbonyl (C=O) groups is 3. The summed E-state index contributed by atoms with van der Waals surface area (Å²) < 4.78 is 0. The summed E-state index contributed by atoms with van der Waals surface area (Å²) in [4.78, 5) is 41.1. The van der Waals surface area contributed by atoms with Crippen molar-refractivity contribution in [2.24, 2.45) is 5.92 Å². The molecular weight excluding hydrogens is 350 g/mol. The Morgan fingerprint density at radius 3 is 2.58 bits per heavy atom. The third-order valence-corrected chi connectivity index (χ3v) is 6.01. The summed E-state index contributed by atoms with van der Waals surface area (Å²) in [6, 6.07) is 3.79. The van der Waals surface area contributed by atoms with Gasteiger partial charge in [-0.3, -0.25) is 14.4 Å². The van der Waals surface area contributed by atoms with Crippen molar-refractivity contribution >= 4 is 29.1 Å². The van der Waals surface area contributed by atoms with E-state index in [4.69, 9.17) is 0 Å². The molecule has 0 aromatic carbocycles. The van der Waals surface area contributed by atoms with Gasteiger partial charge in [0.05, 0.1) is 10.8 Å². The van der Waals surface area contributed by atoms with Crippen molar-refractivity contribution in [1.82, 2.24) is 15.1 Å². The predicted molar refractivity (Wildman–Crippen MR) is 101 cm³/mol. The number of hydrogen-bond acceptors (Lipinski definition) is 4. The Bertz CT molecular complexity index is 666. The van der Waals surface area contributed by atoms with Crippen LogP contribution in [0.25, 0.3) is 0 Å². The van der Waals surface area contributed by atoms with Gasteiger partial charge in [0.15, 0.2) is 0 Å². The van der Waals surface area contributed by atoms with Crippen molar-refractivity contribution in [2.45, 2.75) is 31.7 Å². The highest BCUT2D eigenvalue weighted by atomic mass is 32.1. The normalized spacial score (nSPS) is 21.3. The quantitative estimate of drug-likeness (QED) is 0.817. The minimum Gasteiger partial charge on any atom is -0.348 e. The van der Waals surface area contributed by atoms with E-state index in [9.17, 15) is 14.4 Å². The monoisotopic (exact) mass is 375 g/mol. The maximum atomic E-state index is 12.8. The van der Waals surface area contributed by atoms with Crippen LogP contribution < -0.4 is 5.32 Å².